The number of nitrogens with zero attached hydrogens (tertiary/aromatic N) is 2. The Morgan fingerprint density at radius 1 is 1.35 bits per heavy atom. The molecule has 0 radical (unpaired) electrons. The van der Waals surface area contributed by atoms with Gasteiger partial charge in [0.05, 0.1) is 12.1 Å². The second-order valence-corrected chi connectivity index (χ2v) is 6.32. The molecule has 5 nitrogen and oxygen atoms in total. The third-order valence-electron chi connectivity index (χ3n) is 4.78. The zero-order chi connectivity index (χ0) is 16.3. The molecular weight excluding hydrogens is 290 g/mol. The molecule has 0 saturated carbocycles. The van der Waals surface area contributed by atoms with E-state index in [1.54, 1.807) is 0 Å². The average molecular weight is 315 g/mol. The average Bonchev–Trinajstić information content (AvgIpc) is 2.59. The summed E-state index contributed by atoms with van der Waals surface area (Å²) in [7, 11) is 0. The van der Waals surface area contributed by atoms with Gasteiger partial charge in [0.25, 0.3) is 0 Å². The Morgan fingerprint density at radius 3 is 2.78 bits per heavy atom. The van der Waals surface area contributed by atoms with Crippen LogP contribution in [0.15, 0.2) is 29.0 Å². The highest BCUT2D eigenvalue weighted by Crippen LogP contribution is 2.37. The van der Waals surface area contributed by atoms with E-state index in [2.05, 4.69) is 9.98 Å². The smallest absolute Gasteiger partial charge is 0.213 e. The highest BCUT2D eigenvalue weighted by Gasteiger charge is 2.37. The number of pyridine rings is 1. The van der Waals surface area contributed by atoms with Crippen molar-refractivity contribution in [3.05, 3.63) is 29.6 Å². The van der Waals surface area contributed by atoms with E-state index in [-0.39, 0.29) is 0 Å². The first kappa shape index (κ1) is 16.1. The summed E-state index contributed by atoms with van der Waals surface area (Å²) < 4.78 is 10.9. The molecule has 1 atom stereocenters. The third-order valence-corrected chi connectivity index (χ3v) is 4.78. The van der Waals surface area contributed by atoms with Crippen LogP contribution >= 0.6 is 0 Å². The fourth-order valence-electron chi connectivity index (χ4n) is 3.36. The minimum absolute atomic E-state index is 0.392. The van der Waals surface area contributed by atoms with E-state index in [9.17, 15) is 0 Å². The summed E-state index contributed by atoms with van der Waals surface area (Å²) in [6, 6.07) is 3.95. The lowest BCUT2D eigenvalue weighted by Crippen LogP contribution is -2.51. The van der Waals surface area contributed by atoms with E-state index in [0.29, 0.717) is 18.4 Å². The monoisotopic (exact) mass is 315 g/mol. The summed E-state index contributed by atoms with van der Waals surface area (Å²) >= 11 is 0. The molecule has 1 aromatic heterocycles. The van der Waals surface area contributed by atoms with Crippen LogP contribution in [0.2, 0.25) is 0 Å². The molecule has 0 bridgehead atoms. The van der Waals surface area contributed by atoms with Crippen molar-refractivity contribution in [1.82, 2.24) is 4.98 Å². The third kappa shape index (κ3) is 3.46. The van der Waals surface area contributed by atoms with E-state index in [0.717, 1.165) is 43.7 Å². The van der Waals surface area contributed by atoms with Gasteiger partial charge in [-0.3, -0.25) is 4.99 Å². The maximum atomic E-state index is 6.72. The number of ether oxygens (including phenoxy) is 2. The van der Waals surface area contributed by atoms with Crippen molar-refractivity contribution < 1.29 is 9.47 Å². The summed E-state index contributed by atoms with van der Waals surface area (Å²) in [4.78, 5) is 8.97. The summed E-state index contributed by atoms with van der Waals surface area (Å²) in [6.07, 6.45) is 6.59. The zero-order valence-corrected chi connectivity index (χ0v) is 13.9. The van der Waals surface area contributed by atoms with Gasteiger partial charge in [-0.25, -0.2) is 4.98 Å². The van der Waals surface area contributed by atoms with E-state index in [1.807, 2.05) is 38.4 Å². The topological polar surface area (TPSA) is 69.7 Å². The predicted octanol–water partition coefficient (Wildman–Crippen LogP) is 2.81. The lowest BCUT2D eigenvalue weighted by Gasteiger charge is -2.39. The van der Waals surface area contributed by atoms with Gasteiger partial charge in [-0.15, -0.1) is 0 Å². The summed E-state index contributed by atoms with van der Waals surface area (Å²) in [5.74, 6) is 1.07. The van der Waals surface area contributed by atoms with Gasteiger partial charge in [0, 0.05) is 37.4 Å². The number of hydrogen-bond donors (Lipinski definition) is 1. The van der Waals surface area contributed by atoms with Crippen LogP contribution in [0.1, 0.15) is 38.7 Å². The van der Waals surface area contributed by atoms with Crippen molar-refractivity contribution in [3.8, 4) is 5.88 Å². The number of hydrogen-bond acceptors (Lipinski definition) is 5. The molecule has 124 valence electrons. The van der Waals surface area contributed by atoms with E-state index < -0.39 is 5.54 Å². The molecule has 5 heteroatoms. The zero-order valence-electron chi connectivity index (χ0n) is 13.9. The van der Waals surface area contributed by atoms with E-state index in [1.165, 1.54) is 5.57 Å². The number of nitrogens with two attached hydrogens (primary N) is 1. The van der Waals surface area contributed by atoms with Gasteiger partial charge >= 0.3 is 0 Å². The van der Waals surface area contributed by atoms with Crippen LogP contribution < -0.4 is 10.5 Å². The lowest BCUT2D eigenvalue weighted by atomic mass is 9.74. The van der Waals surface area contributed by atoms with E-state index >= 15 is 0 Å². The van der Waals surface area contributed by atoms with Crippen LogP contribution in [0, 0.1) is 5.92 Å². The normalized spacial score (nSPS) is 25.7. The van der Waals surface area contributed by atoms with Gasteiger partial charge in [0.2, 0.25) is 5.88 Å². The molecule has 1 aromatic rings. The Morgan fingerprint density at radius 2 is 2.13 bits per heavy atom. The summed E-state index contributed by atoms with van der Waals surface area (Å²) in [6.45, 7) is 6.19. The quantitative estimate of drug-likeness (QED) is 0.927. The van der Waals surface area contributed by atoms with Gasteiger partial charge in [-0.1, -0.05) is 0 Å². The number of aliphatic imine (C=N–C) groups is 1. The van der Waals surface area contributed by atoms with Gasteiger partial charge in [0.1, 0.15) is 0 Å². The van der Waals surface area contributed by atoms with Crippen molar-refractivity contribution in [3.63, 3.8) is 0 Å². The number of rotatable bonds is 4. The minimum atomic E-state index is -0.392. The molecule has 0 spiro atoms. The Balaban J connectivity index is 1.82. The molecule has 0 aliphatic carbocycles. The second-order valence-electron chi connectivity index (χ2n) is 6.32. The minimum Gasteiger partial charge on any atom is -0.478 e. The van der Waals surface area contributed by atoms with Gasteiger partial charge in [-0.05, 0) is 56.2 Å². The molecule has 2 aliphatic rings. The van der Waals surface area contributed by atoms with Crippen molar-refractivity contribution in [2.24, 2.45) is 16.6 Å². The van der Waals surface area contributed by atoms with Gasteiger partial charge in [0.15, 0.2) is 0 Å². The largest absolute Gasteiger partial charge is 0.478 e. The van der Waals surface area contributed by atoms with Crippen LogP contribution in [0.4, 0.5) is 0 Å². The van der Waals surface area contributed by atoms with Crippen molar-refractivity contribution in [2.45, 2.75) is 38.6 Å². The molecule has 1 saturated heterocycles. The maximum Gasteiger partial charge on any atom is 0.213 e. The molecule has 3 rings (SSSR count). The van der Waals surface area contributed by atoms with E-state index in [4.69, 9.17) is 15.2 Å². The Kier molecular flexibility index (Phi) is 4.78. The van der Waals surface area contributed by atoms with Crippen LogP contribution in [0.25, 0.3) is 5.57 Å². The SMILES string of the molecule is CCOc1ccc(C2=C(C)N=CC(N)(C3CCOCC3)C2)cn1. The van der Waals surface area contributed by atoms with Crippen LogP contribution in [-0.4, -0.2) is 36.6 Å². The number of allylic oxidation sites excluding steroid dienone is 1. The van der Waals surface area contributed by atoms with Crippen molar-refractivity contribution in [2.75, 3.05) is 19.8 Å². The van der Waals surface area contributed by atoms with Crippen molar-refractivity contribution >= 4 is 11.8 Å². The van der Waals surface area contributed by atoms with Crippen LogP contribution in [0.3, 0.4) is 0 Å². The second kappa shape index (κ2) is 6.81. The highest BCUT2D eigenvalue weighted by molar-refractivity contribution is 5.83. The molecule has 0 aromatic carbocycles. The molecule has 1 fully saturated rings. The lowest BCUT2D eigenvalue weighted by molar-refractivity contribution is 0.0518. The van der Waals surface area contributed by atoms with Crippen LogP contribution in [0.5, 0.6) is 5.88 Å². The fourth-order valence-corrected chi connectivity index (χ4v) is 3.36. The Bertz CT molecular complexity index is 603. The van der Waals surface area contributed by atoms with Gasteiger partial charge in [-0.2, -0.15) is 0 Å². The molecule has 2 N–H and O–H groups in total. The molecule has 1 unspecified atom stereocenters. The molecule has 0 amide bonds. The maximum absolute atomic E-state index is 6.72. The van der Waals surface area contributed by atoms with Crippen molar-refractivity contribution in [1.29, 1.82) is 0 Å². The molecular formula is C18H25N3O2. The Labute approximate surface area is 137 Å². The molecule has 23 heavy (non-hydrogen) atoms. The molecule has 2 aliphatic heterocycles. The first-order valence-corrected chi connectivity index (χ1v) is 8.33. The van der Waals surface area contributed by atoms with Gasteiger partial charge < -0.3 is 15.2 Å². The molecule has 3 heterocycles. The Hall–Kier alpha value is -1.72. The first-order chi connectivity index (χ1) is 11.1. The van der Waals surface area contributed by atoms with Crippen LogP contribution in [-0.2, 0) is 4.74 Å². The number of aromatic nitrogens is 1. The highest BCUT2D eigenvalue weighted by atomic mass is 16.5. The first-order valence-electron chi connectivity index (χ1n) is 8.33. The fraction of sp³-hybridized carbons (Fsp3) is 0.556. The predicted molar refractivity (Wildman–Crippen MR) is 91.6 cm³/mol. The standard InChI is InChI=1S/C18H25N3O2/c1-3-23-17-5-4-14(11-20-17)16-10-18(19,12-21-13(16)2)15-6-8-22-9-7-15/h4-5,11-12,15H,3,6-10,19H2,1-2H3. The summed E-state index contributed by atoms with van der Waals surface area (Å²) in [5.41, 5.74) is 9.59. The summed E-state index contributed by atoms with van der Waals surface area (Å²) in [5, 5.41) is 0.